The van der Waals surface area contributed by atoms with Crippen molar-refractivity contribution in [3.8, 4) is 22.9 Å². The molecule has 0 spiro atoms. The van der Waals surface area contributed by atoms with Crippen molar-refractivity contribution >= 4 is 35.0 Å². The molecular formula is C18H17ClN4O3S. The van der Waals surface area contributed by atoms with Crippen LogP contribution in [0.25, 0.3) is 11.4 Å². The van der Waals surface area contributed by atoms with Gasteiger partial charge < -0.3 is 14.8 Å². The molecule has 0 aliphatic rings. The van der Waals surface area contributed by atoms with E-state index in [1.165, 1.54) is 11.8 Å². The molecule has 0 atom stereocenters. The third kappa shape index (κ3) is 4.72. The highest BCUT2D eigenvalue weighted by molar-refractivity contribution is 7.99. The number of carbonyl (C=O) groups is 1. The van der Waals surface area contributed by atoms with Crippen LogP contribution in [0.15, 0.2) is 47.6 Å². The normalized spacial score (nSPS) is 10.5. The minimum atomic E-state index is -0.184. The Morgan fingerprint density at radius 1 is 1.19 bits per heavy atom. The number of carbonyl (C=O) groups excluding carboxylic acids is 1. The summed E-state index contributed by atoms with van der Waals surface area (Å²) < 4.78 is 10.5. The molecule has 3 aromatic rings. The SMILES string of the molecule is COc1ccccc1NC(=O)CSc1n[nH]c(-c2cc(Cl)ccc2OC)n1. The zero-order valence-corrected chi connectivity index (χ0v) is 16.2. The van der Waals surface area contributed by atoms with Gasteiger partial charge in [0, 0.05) is 5.02 Å². The Morgan fingerprint density at radius 2 is 1.96 bits per heavy atom. The van der Waals surface area contributed by atoms with Gasteiger partial charge in [-0.1, -0.05) is 35.5 Å². The first-order valence-electron chi connectivity index (χ1n) is 7.92. The number of aromatic amines is 1. The van der Waals surface area contributed by atoms with E-state index in [-0.39, 0.29) is 11.7 Å². The smallest absolute Gasteiger partial charge is 0.234 e. The molecule has 0 aliphatic carbocycles. The average molecular weight is 405 g/mol. The quantitative estimate of drug-likeness (QED) is 0.581. The lowest BCUT2D eigenvalue weighted by Gasteiger charge is -2.08. The van der Waals surface area contributed by atoms with Gasteiger partial charge in [0.15, 0.2) is 5.82 Å². The van der Waals surface area contributed by atoms with Gasteiger partial charge in [-0.2, -0.15) is 0 Å². The van der Waals surface area contributed by atoms with Crippen molar-refractivity contribution in [2.45, 2.75) is 5.16 Å². The fourth-order valence-electron chi connectivity index (χ4n) is 2.36. The summed E-state index contributed by atoms with van der Waals surface area (Å²) in [6, 6.07) is 12.4. The lowest BCUT2D eigenvalue weighted by Crippen LogP contribution is -2.14. The van der Waals surface area contributed by atoms with Crippen LogP contribution in [0.2, 0.25) is 5.02 Å². The number of anilines is 1. The predicted octanol–water partition coefficient (Wildman–Crippen LogP) is 3.87. The molecule has 0 radical (unpaired) electrons. The summed E-state index contributed by atoms with van der Waals surface area (Å²) in [5, 5.41) is 10.8. The van der Waals surface area contributed by atoms with Crippen LogP contribution >= 0.6 is 23.4 Å². The predicted molar refractivity (Wildman–Crippen MR) is 106 cm³/mol. The van der Waals surface area contributed by atoms with Gasteiger partial charge in [-0.3, -0.25) is 9.89 Å². The summed E-state index contributed by atoms with van der Waals surface area (Å²) in [5.41, 5.74) is 1.31. The Labute approximate surface area is 165 Å². The zero-order valence-electron chi connectivity index (χ0n) is 14.7. The highest BCUT2D eigenvalue weighted by atomic mass is 35.5. The third-order valence-electron chi connectivity index (χ3n) is 3.59. The first-order valence-corrected chi connectivity index (χ1v) is 9.29. The number of hydrogen-bond acceptors (Lipinski definition) is 6. The van der Waals surface area contributed by atoms with E-state index in [1.54, 1.807) is 44.6 Å². The lowest BCUT2D eigenvalue weighted by atomic mass is 10.2. The average Bonchev–Trinajstić information content (AvgIpc) is 3.15. The summed E-state index contributed by atoms with van der Waals surface area (Å²) in [6.07, 6.45) is 0. The van der Waals surface area contributed by atoms with E-state index in [9.17, 15) is 4.79 Å². The molecule has 0 unspecified atom stereocenters. The summed E-state index contributed by atoms with van der Waals surface area (Å²) in [7, 11) is 3.12. The van der Waals surface area contributed by atoms with Gasteiger partial charge in [-0.05, 0) is 30.3 Å². The number of hydrogen-bond donors (Lipinski definition) is 2. The maximum absolute atomic E-state index is 12.2. The number of aromatic nitrogens is 3. The van der Waals surface area contributed by atoms with Crippen LogP contribution in [0.3, 0.4) is 0 Å². The highest BCUT2D eigenvalue weighted by Gasteiger charge is 2.14. The Kier molecular flexibility index (Phi) is 6.20. The summed E-state index contributed by atoms with van der Waals surface area (Å²) in [6.45, 7) is 0. The molecule has 1 heterocycles. The van der Waals surface area contributed by atoms with Gasteiger partial charge in [0.25, 0.3) is 0 Å². The van der Waals surface area contributed by atoms with Crippen LogP contribution < -0.4 is 14.8 Å². The maximum atomic E-state index is 12.2. The van der Waals surface area contributed by atoms with Crippen LogP contribution in [0.1, 0.15) is 0 Å². The highest BCUT2D eigenvalue weighted by Crippen LogP contribution is 2.31. The molecule has 9 heteroatoms. The van der Waals surface area contributed by atoms with Crippen molar-refractivity contribution < 1.29 is 14.3 Å². The summed E-state index contributed by atoms with van der Waals surface area (Å²) >= 11 is 7.26. The largest absolute Gasteiger partial charge is 0.496 e. The second-order valence-corrected chi connectivity index (χ2v) is 6.73. The van der Waals surface area contributed by atoms with Crippen molar-refractivity contribution in [2.24, 2.45) is 0 Å². The van der Waals surface area contributed by atoms with Gasteiger partial charge >= 0.3 is 0 Å². The number of benzene rings is 2. The molecule has 3 rings (SSSR count). The fraction of sp³-hybridized carbons (Fsp3) is 0.167. The van der Waals surface area contributed by atoms with E-state index in [1.807, 2.05) is 12.1 Å². The molecule has 0 saturated carbocycles. The van der Waals surface area contributed by atoms with E-state index in [2.05, 4.69) is 20.5 Å². The minimum Gasteiger partial charge on any atom is -0.496 e. The second kappa shape index (κ2) is 8.79. The number of nitrogens with one attached hydrogen (secondary N) is 2. The van der Waals surface area contributed by atoms with E-state index < -0.39 is 0 Å². The first-order chi connectivity index (χ1) is 13.1. The van der Waals surface area contributed by atoms with Crippen molar-refractivity contribution in [1.29, 1.82) is 0 Å². The van der Waals surface area contributed by atoms with E-state index in [0.29, 0.717) is 38.8 Å². The fourth-order valence-corrected chi connectivity index (χ4v) is 3.13. The molecule has 1 amide bonds. The van der Waals surface area contributed by atoms with Gasteiger partial charge in [-0.15, -0.1) is 5.10 Å². The van der Waals surface area contributed by atoms with E-state index in [0.717, 1.165) is 0 Å². The number of amides is 1. The topological polar surface area (TPSA) is 89.1 Å². The van der Waals surface area contributed by atoms with Crippen LogP contribution in [0.4, 0.5) is 5.69 Å². The third-order valence-corrected chi connectivity index (χ3v) is 4.68. The molecule has 27 heavy (non-hydrogen) atoms. The lowest BCUT2D eigenvalue weighted by molar-refractivity contribution is -0.113. The number of methoxy groups -OCH3 is 2. The molecule has 0 fully saturated rings. The van der Waals surface area contributed by atoms with Crippen molar-refractivity contribution in [2.75, 3.05) is 25.3 Å². The van der Waals surface area contributed by atoms with Gasteiger partial charge in [0.2, 0.25) is 11.1 Å². The van der Waals surface area contributed by atoms with E-state index >= 15 is 0 Å². The second-order valence-electron chi connectivity index (χ2n) is 5.35. The van der Waals surface area contributed by atoms with Crippen LogP contribution in [-0.2, 0) is 4.79 Å². The maximum Gasteiger partial charge on any atom is 0.234 e. The molecule has 140 valence electrons. The molecule has 7 nitrogen and oxygen atoms in total. The molecule has 0 saturated heterocycles. The first kappa shape index (κ1) is 19.1. The number of thioether (sulfide) groups is 1. The summed E-state index contributed by atoms with van der Waals surface area (Å²) in [5.74, 6) is 1.71. The Hall–Kier alpha value is -2.71. The Bertz CT molecular complexity index is 948. The van der Waals surface area contributed by atoms with Gasteiger partial charge in [-0.25, -0.2) is 4.98 Å². The molecule has 0 aliphatic heterocycles. The number of rotatable bonds is 7. The van der Waals surface area contributed by atoms with Crippen LogP contribution in [0.5, 0.6) is 11.5 Å². The Morgan fingerprint density at radius 3 is 2.74 bits per heavy atom. The molecule has 0 bridgehead atoms. The van der Waals surface area contributed by atoms with Gasteiger partial charge in [0.1, 0.15) is 11.5 Å². The van der Waals surface area contributed by atoms with Gasteiger partial charge in [0.05, 0.1) is 31.2 Å². The number of halogens is 1. The minimum absolute atomic E-state index is 0.155. The van der Waals surface area contributed by atoms with Crippen molar-refractivity contribution in [3.05, 3.63) is 47.5 Å². The zero-order chi connectivity index (χ0) is 19.2. The molecule has 2 N–H and O–H groups in total. The monoisotopic (exact) mass is 404 g/mol. The Balaban J connectivity index is 1.65. The molecule has 1 aromatic heterocycles. The summed E-state index contributed by atoms with van der Waals surface area (Å²) in [4.78, 5) is 16.6. The standard InChI is InChI=1S/C18H17ClN4O3S/c1-25-14-8-7-11(19)9-12(14)17-21-18(23-22-17)27-10-16(24)20-13-5-3-4-6-15(13)26-2/h3-9H,10H2,1-2H3,(H,20,24)(H,21,22,23). The number of nitrogens with zero attached hydrogens (tertiary/aromatic N) is 2. The van der Waals surface area contributed by atoms with E-state index in [4.69, 9.17) is 21.1 Å². The number of para-hydroxylation sites is 2. The molecule has 2 aromatic carbocycles. The molecular weight excluding hydrogens is 388 g/mol. The van der Waals surface area contributed by atoms with Crippen LogP contribution in [-0.4, -0.2) is 41.1 Å². The number of H-pyrrole nitrogens is 1. The van der Waals surface area contributed by atoms with Crippen molar-refractivity contribution in [3.63, 3.8) is 0 Å². The number of ether oxygens (including phenoxy) is 2. The van der Waals surface area contributed by atoms with Crippen molar-refractivity contribution in [1.82, 2.24) is 15.2 Å². The van der Waals surface area contributed by atoms with Crippen LogP contribution in [0, 0.1) is 0 Å².